The summed E-state index contributed by atoms with van der Waals surface area (Å²) in [5.74, 6) is -0.258. The van der Waals surface area contributed by atoms with Gasteiger partial charge in [0.05, 0.1) is 10.0 Å². The fraction of sp³-hybridized carbons (Fsp3) is 0.0769. The highest BCUT2D eigenvalue weighted by Gasteiger charge is 2.11. The largest absolute Gasteiger partial charge is 0.206 e. The third-order valence-corrected chi connectivity index (χ3v) is 3.25. The van der Waals surface area contributed by atoms with Crippen LogP contribution in [0.25, 0.3) is 11.1 Å². The summed E-state index contributed by atoms with van der Waals surface area (Å²) in [7, 11) is 0. The lowest BCUT2D eigenvalue weighted by molar-refractivity contribution is 0.622. The molecule has 0 aromatic heterocycles. The molecule has 0 aliphatic heterocycles. The van der Waals surface area contributed by atoms with Crippen LogP contribution in [0, 0.1) is 12.7 Å². The molecular weight excluding hydrogens is 246 g/mol. The van der Waals surface area contributed by atoms with Gasteiger partial charge >= 0.3 is 0 Å². The number of aryl methyl sites for hydroxylation is 1. The molecule has 2 aromatic rings. The summed E-state index contributed by atoms with van der Waals surface area (Å²) in [6.45, 7) is 1.72. The fourth-order valence-corrected chi connectivity index (χ4v) is 1.97. The Kier molecular flexibility index (Phi) is 3.17. The molecule has 0 nitrogen and oxygen atoms in total. The Balaban J connectivity index is 2.68. The van der Waals surface area contributed by atoms with Crippen molar-refractivity contribution in [1.29, 1.82) is 0 Å². The first-order valence-electron chi connectivity index (χ1n) is 4.80. The minimum absolute atomic E-state index is 0.258. The zero-order chi connectivity index (χ0) is 11.7. The van der Waals surface area contributed by atoms with Crippen molar-refractivity contribution in [3.63, 3.8) is 0 Å². The summed E-state index contributed by atoms with van der Waals surface area (Å²) >= 11 is 12.0. The maximum atomic E-state index is 13.9. The second kappa shape index (κ2) is 4.44. The molecule has 0 aliphatic rings. The van der Waals surface area contributed by atoms with E-state index in [9.17, 15) is 4.39 Å². The van der Waals surface area contributed by atoms with E-state index in [4.69, 9.17) is 23.2 Å². The minimum Gasteiger partial charge on any atom is -0.206 e. The van der Waals surface area contributed by atoms with Gasteiger partial charge in [-0.25, -0.2) is 4.39 Å². The maximum absolute atomic E-state index is 13.9. The molecule has 0 saturated carbocycles. The van der Waals surface area contributed by atoms with E-state index in [0.29, 0.717) is 26.7 Å². The van der Waals surface area contributed by atoms with Gasteiger partial charge in [0.15, 0.2) is 0 Å². The third kappa shape index (κ3) is 1.93. The van der Waals surface area contributed by atoms with E-state index in [1.165, 1.54) is 0 Å². The second-order valence-electron chi connectivity index (χ2n) is 3.54. The van der Waals surface area contributed by atoms with E-state index in [1.807, 2.05) is 0 Å². The van der Waals surface area contributed by atoms with Gasteiger partial charge in [-0.1, -0.05) is 53.5 Å². The Labute approximate surface area is 104 Å². The van der Waals surface area contributed by atoms with E-state index in [2.05, 4.69) is 0 Å². The summed E-state index contributed by atoms with van der Waals surface area (Å²) in [4.78, 5) is 0. The normalized spacial score (nSPS) is 10.5. The summed E-state index contributed by atoms with van der Waals surface area (Å²) in [6, 6.07) is 10.4. The molecular formula is C13H9Cl2F. The van der Waals surface area contributed by atoms with E-state index in [1.54, 1.807) is 43.3 Å². The van der Waals surface area contributed by atoms with Gasteiger partial charge in [0.1, 0.15) is 5.82 Å². The Morgan fingerprint density at radius 2 is 1.56 bits per heavy atom. The molecule has 0 heterocycles. The van der Waals surface area contributed by atoms with E-state index in [-0.39, 0.29) is 5.82 Å². The second-order valence-corrected chi connectivity index (χ2v) is 4.32. The number of benzene rings is 2. The van der Waals surface area contributed by atoms with Crippen LogP contribution in [-0.4, -0.2) is 0 Å². The van der Waals surface area contributed by atoms with Gasteiger partial charge in [0.2, 0.25) is 0 Å². The van der Waals surface area contributed by atoms with Gasteiger partial charge in [0, 0.05) is 11.1 Å². The highest BCUT2D eigenvalue weighted by molar-refractivity contribution is 6.43. The number of hydrogen-bond donors (Lipinski definition) is 0. The molecule has 0 spiro atoms. The number of halogens is 3. The summed E-state index contributed by atoms with van der Waals surface area (Å²) in [5.41, 5.74) is 1.69. The topological polar surface area (TPSA) is 0 Å². The van der Waals surface area contributed by atoms with Crippen molar-refractivity contribution >= 4 is 23.2 Å². The van der Waals surface area contributed by atoms with Gasteiger partial charge in [-0.05, 0) is 18.6 Å². The molecule has 0 saturated heterocycles. The van der Waals surface area contributed by atoms with Crippen molar-refractivity contribution in [2.24, 2.45) is 0 Å². The van der Waals surface area contributed by atoms with Crippen LogP contribution in [0.5, 0.6) is 0 Å². The van der Waals surface area contributed by atoms with Crippen LogP contribution in [0.3, 0.4) is 0 Å². The highest BCUT2D eigenvalue weighted by Crippen LogP contribution is 2.35. The Hall–Kier alpha value is -1.05. The molecule has 0 unspecified atom stereocenters. The van der Waals surface area contributed by atoms with Crippen molar-refractivity contribution in [1.82, 2.24) is 0 Å². The molecule has 82 valence electrons. The van der Waals surface area contributed by atoms with E-state index >= 15 is 0 Å². The SMILES string of the molecule is Cc1cccc(-c2cccc(Cl)c2Cl)c1F. The molecule has 2 aromatic carbocycles. The van der Waals surface area contributed by atoms with Crippen molar-refractivity contribution in [2.45, 2.75) is 6.92 Å². The average Bonchev–Trinajstić information content (AvgIpc) is 2.27. The summed E-state index contributed by atoms with van der Waals surface area (Å²) in [5, 5.41) is 0.814. The Morgan fingerprint density at radius 3 is 2.31 bits per heavy atom. The molecule has 16 heavy (non-hydrogen) atoms. The first-order valence-corrected chi connectivity index (χ1v) is 5.56. The molecule has 0 bridgehead atoms. The smallest absolute Gasteiger partial charge is 0.133 e. The number of hydrogen-bond acceptors (Lipinski definition) is 0. The first kappa shape index (κ1) is 11.4. The summed E-state index contributed by atoms with van der Waals surface area (Å²) < 4.78 is 13.9. The van der Waals surface area contributed by atoms with Crippen LogP contribution < -0.4 is 0 Å². The van der Waals surface area contributed by atoms with Crippen molar-refractivity contribution in [3.8, 4) is 11.1 Å². The standard InChI is InChI=1S/C13H9Cl2F/c1-8-4-2-6-10(13(8)16)9-5-3-7-11(14)12(9)15/h2-7H,1H3. The van der Waals surface area contributed by atoms with Crippen LogP contribution in [-0.2, 0) is 0 Å². The molecule has 3 heteroatoms. The molecule has 0 amide bonds. The van der Waals surface area contributed by atoms with Crippen molar-refractivity contribution in [3.05, 3.63) is 57.8 Å². The Morgan fingerprint density at radius 1 is 0.938 bits per heavy atom. The lowest BCUT2D eigenvalue weighted by atomic mass is 10.0. The zero-order valence-electron chi connectivity index (χ0n) is 8.60. The lowest BCUT2D eigenvalue weighted by Gasteiger charge is -2.08. The Bertz CT molecular complexity index is 486. The molecule has 0 radical (unpaired) electrons. The van der Waals surface area contributed by atoms with E-state index in [0.717, 1.165) is 0 Å². The van der Waals surface area contributed by atoms with Gasteiger partial charge in [0.25, 0.3) is 0 Å². The molecule has 0 atom stereocenters. The molecule has 0 fully saturated rings. The van der Waals surface area contributed by atoms with Crippen LogP contribution >= 0.6 is 23.2 Å². The van der Waals surface area contributed by atoms with Crippen LogP contribution in [0.2, 0.25) is 10.0 Å². The molecule has 0 N–H and O–H groups in total. The average molecular weight is 255 g/mol. The lowest BCUT2D eigenvalue weighted by Crippen LogP contribution is -1.89. The predicted molar refractivity (Wildman–Crippen MR) is 66.6 cm³/mol. The van der Waals surface area contributed by atoms with Crippen LogP contribution in [0.15, 0.2) is 36.4 Å². The maximum Gasteiger partial charge on any atom is 0.133 e. The fourth-order valence-electron chi connectivity index (χ4n) is 1.57. The van der Waals surface area contributed by atoms with Gasteiger partial charge in [-0.2, -0.15) is 0 Å². The monoisotopic (exact) mass is 254 g/mol. The van der Waals surface area contributed by atoms with Crippen molar-refractivity contribution in [2.75, 3.05) is 0 Å². The molecule has 0 aliphatic carbocycles. The van der Waals surface area contributed by atoms with Crippen LogP contribution in [0.1, 0.15) is 5.56 Å². The van der Waals surface area contributed by atoms with E-state index < -0.39 is 0 Å². The first-order chi connectivity index (χ1) is 7.61. The van der Waals surface area contributed by atoms with Gasteiger partial charge < -0.3 is 0 Å². The number of rotatable bonds is 1. The predicted octanol–water partition coefficient (Wildman–Crippen LogP) is 5.11. The highest BCUT2D eigenvalue weighted by atomic mass is 35.5. The minimum atomic E-state index is -0.258. The summed E-state index contributed by atoms with van der Waals surface area (Å²) in [6.07, 6.45) is 0. The zero-order valence-corrected chi connectivity index (χ0v) is 10.1. The quantitative estimate of drug-likeness (QED) is 0.664. The molecule has 2 rings (SSSR count). The van der Waals surface area contributed by atoms with Crippen LogP contribution in [0.4, 0.5) is 4.39 Å². The van der Waals surface area contributed by atoms with Gasteiger partial charge in [-0.15, -0.1) is 0 Å². The van der Waals surface area contributed by atoms with Crippen molar-refractivity contribution < 1.29 is 4.39 Å². The third-order valence-electron chi connectivity index (χ3n) is 2.43. The van der Waals surface area contributed by atoms with Gasteiger partial charge in [-0.3, -0.25) is 0 Å².